The monoisotopic (exact) mass is 401 g/mol. The number of benzene rings is 1. The number of hydrogen-bond donors (Lipinski definition) is 2. The molecule has 1 spiro atoms. The van der Waals surface area contributed by atoms with E-state index in [1.54, 1.807) is 11.8 Å². The van der Waals surface area contributed by atoms with Gasteiger partial charge in [-0.3, -0.25) is 24.6 Å². The van der Waals surface area contributed by atoms with E-state index in [2.05, 4.69) is 10.6 Å². The number of para-hydroxylation sites is 1. The Morgan fingerprint density at radius 2 is 2.00 bits per heavy atom. The first-order valence-corrected chi connectivity index (χ1v) is 11.3. The van der Waals surface area contributed by atoms with Gasteiger partial charge in [0.2, 0.25) is 17.7 Å². The van der Waals surface area contributed by atoms with Crippen molar-refractivity contribution in [1.82, 2.24) is 10.2 Å². The van der Waals surface area contributed by atoms with Gasteiger partial charge in [0.15, 0.2) is 0 Å². The van der Waals surface area contributed by atoms with Gasteiger partial charge in [0.25, 0.3) is 0 Å². The summed E-state index contributed by atoms with van der Waals surface area (Å²) in [5, 5.41) is 6.47. The number of anilines is 1. The molecule has 2 fully saturated rings. The van der Waals surface area contributed by atoms with Gasteiger partial charge in [-0.2, -0.15) is 11.8 Å². The molecule has 4 rings (SSSR count). The molecule has 0 radical (unpaired) electrons. The number of imide groups is 1. The zero-order valence-corrected chi connectivity index (χ0v) is 17.6. The zero-order valence-electron chi connectivity index (χ0n) is 16.7. The van der Waals surface area contributed by atoms with E-state index in [-0.39, 0.29) is 29.8 Å². The van der Waals surface area contributed by atoms with Crippen molar-refractivity contribution in [3.8, 4) is 0 Å². The third kappa shape index (κ3) is 2.42. The van der Waals surface area contributed by atoms with Crippen molar-refractivity contribution >= 4 is 35.2 Å². The number of hydrogen-bond acceptors (Lipinski definition) is 5. The first-order valence-electron chi connectivity index (χ1n) is 9.93. The molecular weight excluding hydrogens is 374 g/mol. The largest absolute Gasteiger partial charge is 0.324 e. The Morgan fingerprint density at radius 3 is 2.68 bits per heavy atom. The Kier molecular flexibility index (Phi) is 4.78. The summed E-state index contributed by atoms with van der Waals surface area (Å²) >= 11 is 1.71. The zero-order chi connectivity index (χ0) is 20.2. The molecule has 0 bridgehead atoms. The fourth-order valence-corrected chi connectivity index (χ4v) is 5.60. The van der Waals surface area contributed by atoms with Gasteiger partial charge in [0, 0.05) is 23.3 Å². The first-order chi connectivity index (χ1) is 13.4. The summed E-state index contributed by atoms with van der Waals surface area (Å²) in [6, 6.07) is 5.41. The molecule has 3 amide bonds. The van der Waals surface area contributed by atoms with E-state index in [0.29, 0.717) is 6.42 Å². The Labute approximate surface area is 169 Å². The van der Waals surface area contributed by atoms with Crippen molar-refractivity contribution in [2.45, 2.75) is 51.2 Å². The maximum absolute atomic E-state index is 13.5. The summed E-state index contributed by atoms with van der Waals surface area (Å²) in [7, 11) is 0. The Hall–Kier alpha value is -1.86. The number of aryl methyl sites for hydroxylation is 1. The number of likely N-dealkylation sites (tertiary alicyclic amines) is 1. The maximum Gasteiger partial charge on any atom is 0.250 e. The fourth-order valence-electron chi connectivity index (χ4n) is 5.11. The van der Waals surface area contributed by atoms with Crippen LogP contribution in [-0.2, 0) is 19.9 Å². The summed E-state index contributed by atoms with van der Waals surface area (Å²) in [4.78, 5) is 41.6. The lowest BCUT2D eigenvalue weighted by Gasteiger charge is -2.31. The van der Waals surface area contributed by atoms with Crippen molar-refractivity contribution < 1.29 is 14.4 Å². The van der Waals surface area contributed by atoms with Crippen molar-refractivity contribution in [1.29, 1.82) is 0 Å². The summed E-state index contributed by atoms with van der Waals surface area (Å²) in [5.74, 6) is -0.883. The predicted molar refractivity (Wildman–Crippen MR) is 110 cm³/mol. The molecule has 3 heterocycles. The molecule has 2 N–H and O–H groups in total. The van der Waals surface area contributed by atoms with E-state index in [0.717, 1.165) is 29.0 Å². The first kappa shape index (κ1) is 19.5. The number of fused-ring (bicyclic) bond motifs is 4. The van der Waals surface area contributed by atoms with Gasteiger partial charge in [-0.05, 0) is 44.3 Å². The molecule has 6 nitrogen and oxygen atoms in total. The number of carbonyl (C=O) groups excluding carboxylic acids is 3. The molecule has 5 unspecified atom stereocenters. The molecule has 0 saturated carbocycles. The van der Waals surface area contributed by atoms with Crippen LogP contribution in [0, 0.1) is 18.8 Å². The molecule has 0 aliphatic carbocycles. The van der Waals surface area contributed by atoms with Crippen LogP contribution in [0.15, 0.2) is 18.2 Å². The lowest BCUT2D eigenvalue weighted by atomic mass is 9.76. The van der Waals surface area contributed by atoms with E-state index in [4.69, 9.17) is 0 Å². The minimum atomic E-state index is -1.16. The molecule has 7 heteroatoms. The number of amides is 3. The van der Waals surface area contributed by atoms with Crippen LogP contribution < -0.4 is 10.6 Å². The third-order valence-corrected chi connectivity index (χ3v) is 7.30. The molecule has 28 heavy (non-hydrogen) atoms. The van der Waals surface area contributed by atoms with Crippen molar-refractivity contribution in [2.24, 2.45) is 11.8 Å². The topological polar surface area (TPSA) is 78.5 Å². The summed E-state index contributed by atoms with van der Waals surface area (Å²) < 4.78 is 0. The van der Waals surface area contributed by atoms with Crippen LogP contribution >= 0.6 is 11.8 Å². The second-order valence-corrected chi connectivity index (χ2v) is 9.08. The minimum absolute atomic E-state index is 0.131. The number of nitrogens with zero attached hydrogens (tertiary/aromatic N) is 1. The Balaban J connectivity index is 1.86. The number of thioether (sulfide) groups is 1. The normalized spacial score (nSPS) is 32.1. The molecule has 3 aliphatic rings. The van der Waals surface area contributed by atoms with E-state index >= 15 is 0 Å². The molecule has 0 aromatic heterocycles. The number of nitrogens with one attached hydrogen (secondary N) is 2. The van der Waals surface area contributed by atoms with Gasteiger partial charge in [-0.1, -0.05) is 25.1 Å². The fraction of sp³-hybridized carbons (Fsp3) is 0.571. The number of carbonyl (C=O) groups is 3. The average molecular weight is 402 g/mol. The quantitative estimate of drug-likeness (QED) is 0.740. The van der Waals surface area contributed by atoms with Crippen molar-refractivity contribution in [3.63, 3.8) is 0 Å². The van der Waals surface area contributed by atoms with Crippen LogP contribution in [0.5, 0.6) is 0 Å². The van der Waals surface area contributed by atoms with Crippen LogP contribution in [0.25, 0.3) is 0 Å². The molecular formula is C21H27N3O3S. The molecule has 2 saturated heterocycles. The van der Waals surface area contributed by atoms with E-state index in [1.165, 1.54) is 4.90 Å². The summed E-state index contributed by atoms with van der Waals surface area (Å²) in [6.07, 6.45) is 3.47. The van der Waals surface area contributed by atoms with Crippen molar-refractivity contribution in [3.05, 3.63) is 29.3 Å². The van der Waals surface area contributed by atoms with Gasteiger partial charge in [-0.15, -0.1) is 0 Å². The molecule has 1 aromatic rings. The van der Waals surface area contributed by atoms with E-state index < -0.39 is 17.4 Å². The Morgan fingerprint density at radius 1 is 1.25 bits per heavy atom. The SMILES string of the molecule is CCC(C)N1C(=O)C2C(CCSC)NC3(C(=O)Nc4c(C)cccc43)C2C1=O. The van der Waals surface area contributed by atoms with Gasteiger partial charge >= 0.3 is 0 Å². The third-order valence-electron chi connectivity index (χ3n) is 6.66. The van der Waals surface area contributed by atoms with Gasteiger partial charge in [0.05, 0.1) is 11.8 Å². The average Bonchev–Trinajstić information content (AvgIpc) is 3.26. The molecule has 3 aliphatic heterocycles. The van der Waals surface area contributed by atoms with E-state index in [1.807, 2.05) is 45.2 Å². The maximum atomic E-state index is 13.5. The van der Waals surface area contributed by atoms with Gasteiger partial charge in [-0.25, -0.2) is 0 Å². The lowest BCUT2D eigenvalue weighted by molar-refractivity contribution is -0.145. The highest BCUT2D eigenvalue weighted by Crippen LogP contribution is 2.54. The van der Waals surface area contributed by atoms with Crippen LogP contribution in [0.2, 0.25) is 0 Å². The highest BCUT2D eigenvalue weighted by Gasteiger charge is 2.70. The molecule has 150 valence electrons. The molecule has 1 aromatic carbocycles. The van der Waals surface area contributed by atoms with Crippen LogP contribution in [-0.4, -0.2) is 46.7 Å². The standard InChI is InChI=1S/C21H27N3O3S/c1-5-12(3)24-18(25)15-14(9-10-28-4)23-21(16(15)19(24)26)13-8-6-7-11(2)17(13)22-20(21)27/h6-8,12,14-16,23H,5,9-10H2,1-4H3,(H,22,27). The molecule has 5 atom stereocenters. The van der Waals surface area contributed by atoms with Crippen molar-refractivity contribution in [2.75, 3.05) is 17.3 Å². The van der Waals surface area contributed by atoms with Crippen LogP contribution in [0.1, 0.15) is 37.8 Å². The van der Waals surface area contributed by atoms with Gasteiger partial charge in [0.1, 0.15) is 5.54 Å². The van der Waals surface area contributed by atoms with Gasteiger partial charge < -0.3 is 5.32 Å². The summed E-state index contributed by atoms with van der Waals surface area (Å²) in [6.45, 7) is 5.82. The second kappa shape index (κ2) is 6.88. The predicted octanol–water partition coefficient (Wildman–Crippen LogP) is 2.27. The highest BCUT2D eigenvalue weighted by atomic mass is 32.2. The lowest BCUT2D eigenvalue weighted by Crippen LogP contribution is -2.54. The van der Waals surface area contributed by atoms with E-state index in [9.17, 15) is 14.4 Å². The van der Waals surface area contributed by atoms with Crippen LogP contribution in [0.4, 0.5) is 5.69 Å². The minimum Gasteiger partial charge on any atom is -0.324 e. The highest BCUT2D eigenvalue weighted by molar-refractivity contribution is 7.98. The van der Waals surface area contributed by atoms with Crippen LogP contribution in [0.3, 0.4) is 0 Å². The second-order valence-electron chi connectivity index (χ2n) is 8.10. The smallest absolute Gasteiger partial charge is 0.250 e. The number of rotatable bonds is 5. The summed E-state index contributed by atoms with van der Waals surface area (Å²) in [5.41, 5.74) is 1.37. The Bertz CT molecular complexity index is 857.